The third-order valence-electron chi connectivity index (χ3n) is 4.68. The van der Waals surface area contributed by atoms with Crippen LogP contribution in [-0.2, 0) is 14.8 Å². The Labute approximate surface area is 161 Å². The van der Waals surface area contributed by atoms with E-state index >= 15 is 0 Å². The largest absolute Gasteiger partial charge is 0.478 e. The number of piperidine rings is 1. The van der Waals surface area contributed by atoms with Gasteiger partial charge < -0.3 is 10.4 Å². The average Bonchev–Trinajstić information content (AvgIpc) is 2.70. The minimum absolute atomic E-state index is 0.00937. The molecule has 7 nitrogen and oxygen atoms in total. The van der Waals surface area contributed by atoms with Gasteiger partial charge in [0.2, 0.25) is 15.9 Å². The van der Waals surface area contributed by atoms with Crippen LogP contribution in [-0.4, -0.2) is 42.8 Å². The highest BCUT2D eigenvalue weighted by atomic mass is 32.2. The molecule has 1 amide bonds. The first-order valence-corrected chi connectivity index (χ1v) is 10.1. The molecular weight excluding hydrogens is 387 g/mol. The molecule has 0 saturated carbocycles. The molecule has 148 valence electrons. The lowest BCUT2D eigenvalue weighted by Gasteiger charge is -2.30. The van der Waals surface area contributed by atoms with Crippen LogP contribution < -0.4 is 5.32 Å². The first-order chi connectivity index (χ1) is 13.3. The van der Waals surface area contributed by atoms with E-state index in [1.165, 1.54) is 52.8 Å². The molecule has 28 heavy (non-hydrogen) atoms. The van der Waals surface area contributed by atoms with Gasteiger partial charge in [-0.25, -0.2) is 17.6 Å². The Morgan fingerprint density at radius 1 is 1.00 bits per heavy atom. The van der Waals surface area contributed by atoms with E-state index in [9.17, 15) is 22.4 Å². The second-order valence-corrected chi connectivity index (χ2v) is 8.44. The summed E-state index contributed by atoms with van der Waals surface area (Å²) in [5.41, 5.74) is 0.495. The summed E-state index contributed by atoms with van der Waals surface area (Å²) in [7, 11) is -3.75. The van der Waals surface area contributed by atoms with Gasteiger partial charge in [-0.1, -0.05) is 0 Å². The zero-order valence-corrected chi connectivity index (χ0v) is 15.7. The second-order valence-electron chi connectivity index (χ2n) is 6.50. The maximum absolute atomic E-state index is 12.9. The Morgan fingerprint density at radius 3 is 2.11 bits per heavy atom. The standard InChI is InChI=1S/C19H19FN2O5S/c20-15-3-5-16(6-4-15)21-18(23)13-9-11-22(12-10-13)28(26,27)17-7-1-14(2-8-17)19(24)25/h1-8,13H,9-12H2,(H,21,23)(H,24,25). The number of anilines is 1. The first-order valence-electron chi connectivity index (χ1n) is 8.67. The van der Waals surface area contributed by atoms with Gasteiger partial charge in [0.05, 0.1) is 10.5 Å². The second kappa shape index (κ2) is 8.07. The highest BCUT2D eigenvalue weighted by Gasteiger charge is 2.32. The van der Waals surface area contributed by atoms with Crippen molar-refractivity contribution in [1.29, 1.82) is 0 Å². The molecule has 2 aromatic carbocycles. The van der Waals surface area contributed by atoms with Crippen molar-refractivity contribution in [1.82, 2.24) is 4.31 Å². The summed E-state index contributed by atoms with van der Waals surface area (Å²) in [6.07, 6.45) is 0.721. The maximum atomic E-state index is 12.9. The zero-order valence-electron chi connectivity index (χ0n) is 14.8. The van der Waals surface area contributed by atoms with Crippen molar-refractivity contribution in [3.63, 3.8) is 0 Å². The quantitative estimate of drug-likeness (QED) is 0.794. The third kappa shape index (κ3) is 4.37. The highest BCUT2D eigenvalue weighted by Crippen LogP contribution is 2.25. The summed E-state index contributed by atoms with van der Waals surface area (Å²) in [6, 6.07) is 10.5. The Hall–Kier alpha value is -2.78. The van der Waals surface area contributed by atoms with Gasteiger partial charge in [0.25, 0.3) is 0 Å². The van der Waals surface area contributed by atoms with E-state index in [0.29, 0.717) is 18.5 Å². The number of carboxylic acid groups (broad SMARTS) is 1. The lowest BCUT2D eigenvalue weighted by atomic mass is 9.97. The van der Waals surface area contributed by atoms with Crippen LogP contribution in [0, 0.1) is 11.7 Å². The van der Waals surface area contributed by atoms with Crippen LogP contribution in [0.2, 0.25) is 0 Å². The molecular formula is C19H19FN2O5S. The summed E-state index contributed by atoms with van der Waals surface area (Å²) >= 11 is 0. The predicted molar refractivity (Wildman–Crippen MR) is 99.9 cm³/mol. The van der Waals surface area contributed by atoms with E-state index in [1.807, 2.05) is 0 Å². The van der Waals surface area contributed by atoms with E-state index in [1.54, 1.807) is 0 Å². The fourth-order valence-electron chi connectivity index (χ4n) is 3.05. The van der Waals surface area contributed by atoms with Crippen LogP contribution in [0.5, 0.6) is 0 Å². The number of aromatic carboxylic acids is 1. The molecule has 0 spiro atoms. The number of carbonyl (C=O) groups excluding carboxylic acids is 1. The topological polar surface area (TPSA) is 104 Å². The van der Waals surface area contributed by atoms with Crippen molar-refractivity contribution in [3.8, 4) is 0 Å². The SMILES string of the molecule is O=C(O)c1ccc(S(=O)(=O)N2CCC(C(=O)Nc3ccc(F)cc3)CC2)cc1. The normalized spacial score (nSPS) is 15.9. The van der Waals surface area contributed by atoms with Gasteiger partial charge in [-0.2, -0.15) is 4.31 Å². The molecule has 0 aromatic heterocycles. The molecule has 9 heteroatoms. The van der Waals surface area contributed by atoms with Crippen LogP contribution in [0.25, 0.3) is 0 Å². The first kappa shape index (κ1) is 20.0. The van der Waals surface area contributed by atoms with E-state index in [2.05, 4.69) is 5.32 Å². The number of amides is 1. The molecule has 3 rings (SSSR count). The van der Waals surface area contributed by atoms with Gasteiger partial charge in [-0.3, -0.25) is 4.79 Å². The van der Waals surface area contributed by atoms with E-state index < -0.39 is 21.8 Å². The van der Waals surface area contributed by atoms with Gasteiger partial charge >= 0.3 is 5.97 Å². The van der Waals surface area contributed by atoms with Crippen LogP contribution >= 0.6 is 0 Å². The van der Waals surface area contributed by atoms with Crippen LogP contribution in [0.4, 0.5) is 10.1 Å². The number of carbonyl (C=O) groups is 2. The summed E-state index contributed by atoms with van der Waals surface area (Å²) in [6.45, 7) is 0.370. The molecule has 2 N–H and O–H groups in total. The number of benzene rings is 2. The smallest absolute Gasteiger partial charge is 0.335 e. The van der Waals surface area contributed by atoms with Gasteiger partial charge in [0, 0.05) is 24.7 Å². The minimum Gasteiger partial charge on any atom is -0.478 e. The van der Waals surface area contributed by atoms with Gasteiger partial charge in [-0.05, 0) is 61.4 Å². The maximum Gasteiger partial charge on any atom is 0.335 e. The number of hydrogen-bond acceptors (Lipinski definition) is 4. The van der Waals surface area contributed by atoms with Crippen LogP contribution in [0.15, 0.2) is 53.4 Å². The molecule has 0 radical (unpaired) electrons. The molecule has 1 heterocycles. The molecule has 1 aliphatic rings. The number of nitrogens with one attached hydrogen (secondary N) is 1. The molecule has 0 bridgehead atoms. The predicted octanol–water partition coefficient (Wildman–Crippen LogP) is 2.56. The van der Waals surface area contributed by atoms with Crippen LogP contribution in [0.3, 0.4) is 0 Å². The lowest BCUT2D eigenvalue weighted by Crippen LogP contribution is -2.41. The number of hydrogen-bond donors (Lipinski definition) is 2. The monoisotopic (exact) mass is 406 g/mol. The Bertz CT molecular complexity index is 966. The number of sulfonamides is 1. The van der Waals surface area contributed by atoms with Crippen molar-refractivity contribution < 1.29 is 27.5 Å². The van der Waals surface area contributed by atoms with E-state index in [0.717, 1.165) is 0 Å². The molecule has 0 aliphatic carbocycles. The summed E-state index contributed by atoms with van der Waals surface area (Å²) in [4.78, 5) is 23.3. The van der Waals surface area contributed by atoms with E-state index in [4.69, 9.17) is 5.11 Å². The molecule has 0 atom stereocenters. The molecule has 1 saturated heterocycles. The number of rotatable bonds is 5. The van der Waals surface area contributed by atoms with Crippen molar-refractivity contribution in [3.05, 3.63) is 59.9 Å². The summed E-state index contributed by atoms with van der Waals surface area (Å²) in [5.74, 6) is -2.09. The van der Waals surface area contributed by atoms with Crippen molar-refractivity contribution >= 4 is 27.6 Å². The zero-order chi connectivity index (χ0) is 20.3. The van der Waals surface area contributed by atoms with Gasteiger partial charge in [0.1, 0.15) is 5.82 Å². The fraction of sp³-hybridized carbons (Fsp3) is 0.263. The van der Waals surface area contributed by atoms with Crippen molar-refractivity contribution in [2.24, 2.45) is 5.92 Å². The highest BCUT2D eigenvalue weighted by molar-refractivity contribution is 7.89. The van der Waals surface area contributed by atoms with Crippen LogP contribution in [0.1, 0.15) is 23.2 Å². The van der Waals surface area contributed by atoms with Crippen molar-refractivity contribution in [2.45, 2.75) is 17.7 Å². The molecule has 1 fully saturated rings. The van der Waals surface area contributed by atoms with Gasteiger partial charge in [-0.15, -0.1) is 0 Å². The Morgan fingerprint density at radius 2 is 1.57 bits per heavy atom. The van der Waals surface area contributed by atoms with Gasteiger partial charge in [0.15, 0.2) is 0 Å². The molecule has 1 aliphatic heterocycles. The average molecular weight is 406 g/mol. The third-order valence-corrected chi connectivity index (χ3v) is 6.59. The van der Waals surface area contributed by atoms with E-state index in [-0.39, 0.29) is 35.4 Å². The summed E-state index contributed by atoms with van der Waals surface area (Å²) < 4.78 is 39.6. The lowest BCUT2D eigenvalue weighted by molar-refractivity contribution is -0.120. The number of nitrogens with zero attached hydrogens (tertiary/aromatic N) is 1. The molecule has 0 unspecified atom stereocenters. The Balaban J connectivity index is 1.61. The minimum atomic E-state index is -3.75. The number of halogens is 1. The summed E-state index contributed by atoms with van der Waals surface area (Å²) in [5, 5.41) is 11.6. The number of carboxylic acids is 1. The Kier molecular flexibility index (Phi) is 5.76. The fourth-order valence-corrected chi connectivity index (χ4v) is 4.52. The molecule has 2 aromatic rings. The van der Waals surface area contributed by atoms with Crippen molar-refractivity contribution in [2.75, 3.05) is 18.4 Å².